The van der Waals surface area contributed by atoms with Crippen molar-refractivity contribution >= 4 is 5.97 Å². The fourth-order valence-corrected chi connectivity index (χ4v) is 3.16. The van der Waals surface area contributed by atoms with Gasteiger partial charge in [-0.1, -0.05) is 6.07 Å². The number of hydrogen-bond acceptors (Lipinski definition) is 4. The second-order valence-electron chi connectivity index (χ2n) is 5.56. The SMILES string of the molecule is O=C(O)C1CCCN1C(Cc1ccccn1)c1ccncc1. The molecule has 1 aliphatic heterocycles. The van der Waals surface area contributed by atoms with Crippen molar-refractivity contribution in [2.75, 3.05) is 6.54 Å². The summed E-state index contributed by atoms with van der Waals surface area (Å²) in [6, 6.07) is 9.37. The summed E-state index contributed by atoms with van der Waals surface area (Å²) in [6.07, 6.45) is 7.62. The van der Waals surface area contributed by atoms with Crippen LogP contribution in [0, 0.1) is 0 Å². The first-order valence-electron chi connectivity index (χ1n) is 7.54. The maximum absolute atomic E-state index is 11.5. The van der Waals surface area contributed by atoms with Crippen LogP contribution in [-0.4, -0.2) is 38.5 Å². The van der Waals surface area contributed by atoms with Crippen LogP contribution >= 0.6 is 0 Å². The highest BCUT2D eigenvalue weighted by Crippen LogP contribution is 2.31. The summed E-state index contributed by atoms with van der Waals surface area (Å²) in [7, 11) is 0. The van der Waals surface area contributed by atoms with E-state index in [0.717, 1.165) is 24.2 Å². The zero-order chi connectivity index (χ0) is 15.4. The van der Waals surface area contributed by atoms with Crippen LogP contribution in [0.2, 0.25) is 0 Å². The summed E-state index contributed by atoms with van der Waals surface area (Å²) in [5.74, 6) is -0.738. The van der Waals surface area contributed by atoms with E-state index in [2.05, 4.69) is 14.9 Å². The van der Waals surface area contributed by atoms with Gasteiger partial charge in [-0.15, -0.1) is 0 Å². The van der Waals surface area contributed by atoms with E-state index in [1.807, 2.05) is 30.3 Å². The van der Waals surface area contributed by atoms with E-state index in [4.69, 9.17) is 0 Å². The third kappa shape index (κ3) is 3.14. The molecule has 1 saturated heterocycles. The summed E-state index contributed by atoms with van der Waals surface area (Å²) < 4.78 is 0. The number of aromatic nitrogens is 2. The maximum Gasteiger partial charge on any atom is 0.320 e. The van der Waals surface area contributed by atoms with Gasteiger partial charge in [0.05, 0.1) is 0 Å². The fourth-order valence-electron chi connectivity index (χ4n) is 3.16. The number of carbonyl (C=O) groups is 1. The Morgan fingerprint density at radius 1 is 1.27 bits per heavy atom. The molecule has 0 saturated carbocycles. The fraction of sp³-hybridized carbons (Fsp3) is 0.353. The molecule has 2 unspecified atom stereocenters. The van der Waals surface area contributed by atoms with Crippen molar-refractivity contribution in [1.82, 2.24) is 14.9 Å². The Kier molecular flexibility index (Phi) is 4.44. The molecule has 0 aromatic carbocycles. The topological polar surface area (TPSA) is 66.3 Å². The van der Waals surface area contributed by atoms with E-state index in [1.54, 1.807) is 18.6 Å². The van der Waals surface area contributed by atoms with Crippen molar-refractivity contribution in [3.05, 3.63) is 60.2 Å². The minimum atomic E-state index is -0.738. The number of aliphatic carboxylic acids is 1. The Morgan fingerprint density at radius 3 is 2.77 bits per heavy atom. The molecule has 114 valence electrons. The summed E-state index contributed by atoms with van der Waals surface area (Å²) in [5, 5.41) is 9.48. The van der Waals surface area contributed by atoms with Gasteiger partial charge >= 0.3 is 5.97 Å². The highest BCUT2D eigenvalue weighted by atomic mass is 16.4. The van der Waals surface area contributed by atoms with Crippen molar-refractivity contribution in [3.8, 4) is 0 Å². The highest BCUT2D eigenvalue weighted by Gasteiger charge is 2.36. The molecule has 0 amide bonds. The lowest BCUT2D eigenvalue weighted by atomic mass is 10.00. The molecule has 2 aromatic heterocycles. The van der Waals surface area contributed by atoms with E-state index in [1.165, 1.54) is 0 Å². The molecule has 3 rings (SSSR count). The quantitative estimate of drug-likeness (QED) is 0.917. The summed E-state index contributed by atoms with van der Waals surface area (Å²) in [5.41, 5.74) is 2.06. The van der Waals surface area contributed by atoms with Crippen molar-refractivity contribution in [2.24, 2.45) is 0 Å². The van der Waals surface area contributed by atoms with Gasteiger partial charge in [0.2, 0.25) is 0 Å². The zero-order valence-corrected chi connectivity index (χ0v) is 12.3. The molecule has 1 aliphatic rings. The summed E-state index contributed by atoms with van der Waals surface area (Å²) in [4.78, 5) is 22.1. The second kappa shape index (κ2) is 6.66. The first-order chi connectivity index (χ1) is 10.8. The van der Waals surface area contributed by atoms with Crippen LogP contribution in [0.4, 0.5) is 0 Å². The number of likely N-dealkylation sites (tertiary alicyclic amines) is 1. The van der Waals surface area contributed by atoms with Crippen molar-refractivity contribution in [3.63, 3.8) is 0 Å². The number of carboxylic acid groups (broad SMARTS) is 1. The molecular formula is C17H19N3O2. The minimum absolute atomic E-state index is 0.0153. The number of pyridine rings is 2. The van der Waals surface area contributed by atoms with Gasteiger partial charge in [-0.2, -0.15) is 0 Å². The Hall–Kier alpha value is -2.27. The Balaban J connectivity index is 1.91. The van der Waals surface area contributed by atoms with Gasteiger partial charge < -0.3 is 5.11 Å². The minimum Gasteiger partial charge on any atom is -0.480 e. The van der Waals surface area contributed by atoms with Crippen LogP contribution in [-0.2, 0) is 11.2 Å². The molecule has 5 nitrogen and oxygen atoms in total. The molecule has 0 spiro atoms. The molecule has 0 aliphatic carbocycles. The molecule has 3 heterocycles. The first-order valence-corrected chi connectivity index (χ1v) is 7.54. The molecular weight excluding hydrogens is 278 g/mol. The van der Waals surface area contributed by atoms with Crippen LogP contribution in [0.15, 0.2) is 48.9 Å². The average Bonchev–Trinajstić information content (AvgIpc) is 3.04. The van der Waals surface area contributed by atoms with E-state index in [0.29, 0.717) is 12.8 Å². The lowest BCUT2D eigenvalue weighted by Crippen LogP contribution is -2.39. The number of nitrogens with zero attached hydrogens (tertiary/aromatic N) is 3. The normalized spacial score (nSPS) is 19.9. The maximum atomic E-state index is 11.5. The predicted octanol–water partition coefficient (Wildman–Crippen LogP) is 2.31. The second-order valence-corrected chi connectivity index (χ2v) is 5.56. The van der Waals surface area contributed by atoms with Crippen molar-refractivity contribution < 1.29 is 9.90 Å². The monoisotopic (exact) mass is 297 g/mol. The molecule has 1 N–H and O–H groups in total. The van der Waals surface area contributed by atoms with Crippen LogP contribution in [0.25, 0.3) is 0 Å². The van der Waals surface area contributed by atoms with Crippen molar-refractivity contribution in [2.45, 2.75) is 31.3 Å². The predicted molar refractivity (Wildman–Crippen MR) is 82.3 cm³/mol. The third-order valence-electron chi connectivity index (χ3n) is 4.20. The first kappa shape index (κ1) is 14.7. The van der Waals surface area contributed by atoms with E-state index in [9.17, 15) is 9.90 Å². The Morgan fingerprint density at radius 2 is 2.09 bits per heavy atom. The van der Waals surface area contributed by atoms with Crippen LogP contribution in [0.3, 0.4) is 0 Å². The van der Waals surface area contributed by atoms with E-state index < -0.39 is 12.0 Å². The van der Waals surface area contributed by atoms with Crippen LogP contribution in [0.5, 0.6) is 0 Å². The lowest BCUT2D eigenvalue weighted by Gasteiger charge is -2.31. The van der Waals surface area contributed by atoms with Gasteiger partial charge in [0.25, 0.3) is 0 Å². The Bertz CT molecular complexity index is 618. The third-order valence-corrected chi connectivity index (χ3v) is 4.20. The Labute approximate surface area is 129 Å². The summed E-state index contributed by atoms with van der Waals surface area (Å²) in [6.45, 7) is 0.802. The smallest absolute Gasteiger partial charge is 0.320 e. The molecule has 22 heavy (non-hydrogen) atoms. The van der Waals surface area contributed by atoms with Gasteiger partial charge in [0.15, 0.2) is 0 Å². The zero-order valence-electron chi connectivity index (χ0n) is 12.3. The van der Waals surface area contributed by atoms with Gasteiger partial charge in [-0.05, 0) is 49.2 Å². The van der Waals surface area contributed by atoms with Crippen molar-refractivity contribution in [1.29, 1.82) is 0 Å². The van der Waals surface area contributed by atoms with Crippen LogP contribution < -0.4 is 0 Å². The van der Waals surface area contributed by atoms with E-state index in [-0.39, 0.29) is 6.04 Å². The standard InChI is InChI=1S/C17H19N3O2/c21-17(22)15-5-3-11-20(15)16(13-6-9-18-10-7-13)12-14-4-1-2-8-19-14/h1-2,4,6-10,15-16H,3,5,11-12H2,(H,21,22). The molecule has 0 bridgehead atoms. The number of rotatable bonds is 5. The average molecular weight is 297 g/mol. The molecule has 0 radical (unpaired) electrons. The van der Waals surface area contributed by atoms with Gasteiger partial charge in [-0.25, -0.2) is 0 Å². The number of hydrogen-bond donors (Lipinski definition) is 1. The van der Waals surface area contributed by atoms with Gasteiger partial charge in [0, 0.05) is 36.7 Å². The van der Waals surface area contributed by atoms with Crippen LogP contribution in [0.1, 0.15) is 30.1 Å². The van der Waals surface area contributed by atoms with Gasteiger partial charge in [-0.3, -0.25) is 19.7 Å². The highest BCUT2D eigenvalue weighted by molar-refractivity contribution is 5.73. The molecule has 5 heteroatoms. The lowest BCUT2D eigenvalue weighted by molar-refractivity contribution is -0.143. The van der Waals surface area contributed by atoms with Gasteiger partial charge in [0.1, 0.15) is 6.04 Å². The molecule has 1 fully saturated rings. The van der Waals surface area contributed by atoms with E-state index >= 15 is 0 Å². The summed E-state index contributed by atoms with van der Waals surface area (Å²) >= 11 is 0. The molecule has 2 aromatic rings. The number of carboxylic acids is 1. The molecule has 2 atom stereocenters. The largest absolute Gasteiger partial charge is 0.480 e.